The molecule has 2 rings (SSSR count). The lowest BCUT2D eigenvalue weighted by molar-refractivity contribution is 0.146. The van der Waals surface area contributed by atoms with Crippen molar-refractivity contribution in [3.8, 4) is 5.75 Å². The minimum absolute atomic E-state index is 0.356. The molecule has 0 amide bonds. The molecule has 148 valence electrons. The second-order valence-corrected chi connectivity index (χ2v) is 7.47. The number of methoxy groups -OCH3 is 1. The van der Waals surface area contributed by atoms with E-state index in [1.54, 1.807) is 13.2 Å². The van der Waals surface area contributed by atoms with Gasteiger partial charge in [-0.3, -0.25) is 0 Å². The van der Waals surface area contributed by atoms with Crippen LogP contribution >= 0.6 is 22.9 Å². The minimum atomic E-state index is -0.630. The average molecular weight is 412 g/mol. The maximum absolute atomic E-state index is 10.2. The van der Waals surface area contributed by atoms with Gasteiger partial charge in [-0.15, -0.1) is 11.3 Å². The van der Waals surface area contributed by atoms with E-state index < -0.39 is 6.10 Å². The van der Waals surface area contributed by atoms with Crippen molar-refractivity contribution in [3.05, 3.63) is 51.2 Å². The Bertz CT molecular complexity index is 706. The molecule has 0 aliphatic heterocycles. The van der Waals surface area contributed by atoms with Crippen molar-refractivity contribution in [2.45, 2.75) is 19.6 Å². The van der Waals surface area contributed by atoms with Gasteiger partial charge in [-0.1, -0.05) is 23.7 Å². The van der Waals surface area contributed by atoms with Gasteiger partial charge in [0.15, 0.2) is 5.96 Å². The Morgan fingerprint density at radius 3 is 2.59 bits per heavy atom. The lowest BCUT2D eigenvalue weighted by atomic mass is 10.2. The van der Waals surface area contributed by atoms with Gasteiger partial charge in [0.25, 0.3) is 0 Å². The average Bonchev–Trinajstić information content (AvgIpc) is 3.11. The first-order valence-corrected chi connectivity index (χ1v) is 9.98. The molecule has 1 unspecified atom stereocenters. The summed E-state index contributed by atoms with van der Waals surface area (Å²) in [6.45, 7) is 4.70. The lowest BCUT2D eigenvalue weighted by Crippen LogP contribution is -2.39. The van der Waals surface area contributed by atoms with Gasteiger partial charge in [0.1, 0.15) is 18.5 Å². The summed E-state index contributed by atoms with van der Waals surface area (Å²) in [6.07, 6.45) is -0.630. The Labute approximate surface area is 169 Å². The number of aliphatic hydroxyl groups is 1. The van der Waals surface area contributed by atoms with Crippen LogP contribution in [0.2, 0.25) is 4.34 Å². The number of aliphatic hydroxyl groups excluding tert-OH is 1. The monoisotopic (exact) mass is 411 g/mol. The van der Waals surface area contributed by atoms with Gasteiger partial charge in [-0.05, 0) is 36.8 Å². The highest BCUT2D eigenvalue weighted by Gasteiger charge is 2.11. The van der Waals surface area contributed by atoms with Crippen molar-refractivity contribution in [2.24, 2.45) is 4.99 Å². The van der Waals surface area contributed by atoms with Crippen LogP contribution in [0.5, 0.6) is 5.75 Å². The molecule has 3 N–H and O–H groups in total. The van der Waals surface area contributed by atoms with Crippen molar-refractivity contribution in [1.29, 1.82) is 0 Å². The van der Waals surface area contributed by atoms with E-state index in [2.05, 4.69) is 15.6 Å². The van der Waals surface area contributed by atoms with Gasteiger partial charge in [0.05, 0.1) is 17.5 Å². The second kappa shape index (κ2) is 11.8. The summed E-state index contributed by atoms with van der Waals surface area (Å²) in [7, 11) is 1.65. The number of hydrogen-bond donors (Lipinski definition) is 3. The normalized spacial score (nSPS) is 12.7. The fourth-order valence-electron chi connectivity index (χ4n) is 2.25. The van der Waals surface area contributed by atoms with Gasteiger partial charge in [-0.25, -0.2) is 4.99 Å². The van der Waals surface area contributed by atoms with Crippen molar-refractivity contribution >= 4 is 28.9 Å². The Morgan fingerprint density at radius 2 is 1.96 bits per heavy atom. The molecule has 1 aromatic carbocycles. The second-order valence-electron chi connectivity index (χ2n) is 5.72. The van der Waals surface area contributed by atoms with Crippen molar-refractivity contribution < 1.29 is 14.6 Å². The van der Waals surface area contributed by atoms with Gasteiger partial charge in [0.2, 0.25) is 0 Å². The van der Waals surface area contributed by atoms with Crippen LogP contribution in [-0.2, 0) is 11.3 Å². The molecular weight excluding hydrogens is 386 g/mol. The Balaban J connectivity index is 1.86. The van der Waals surface area contributed by atoms with E-state index in [0.29, 0.717) is 36.6 Å². The highest BCUT2D eigenvalue weighted by molar-refractivity contribution is 7.16. The highest BCUT2D eigenvalue weighted by Crippen LogP contribution is 2.26. The molecule has 0 aliphatic carbocycles. The SMILES string of the molecule is CCNC(=NCc1ccc(OCCOC)cc1)NCC(O)c1ccc(Cl)s1. The number of rotatable bonds is 10. The summed E-state index contributed by atoms with van der Waals surface area (Å²) >= 11 is 7.29. The van der Waals surface area contributed by atoms with Crippen molar-refractivity contribution in [2.75, 3.05) is 33.4 Å². The standard InChI is InChI=1S/C19H26ClN3O3S/c1-3-21-19(23-13-16(24)17-8-9-18(20)27-17)22-12-14-4-6-15(7-5-14)26-11-10-25-2/h4-9,16,24H,3,10-13H2,1-2H3,(H2,21,22,23). The highest BCUT2D eigenvalue weighted by atomic mass is 35.5. The molecule has 0 saturated carbocycles. The number of nitrogens with one attached hydrogen (secondary N) is 2. The third kappa shape index (κ3) is 7.76. The quantitative estimate of drug-likeness (QED) is 0.318. The number of hydrogen-bond acceptors (Lipinski definition) is 5. The molecule has 1 atom stereocenters. The number of nitrogens with zero attached hydrogens (tertiary/aromatic N) is 1. The maximum atomic E-state index is 10.2. The molecule has 6 nitrogen and oxygen atoms in total. The van der Waals surface area contributed by atoms with Crippen LogP contribution in [0.4, 0.5) is 0 Å². The first-order valence-electron chi connectivity index (χ1n) is 8.78. The zero-order valence-corrected chi connectivity index (χ0v) is 17.1. The molecule has 27 heavy (non-hydrogen) atoms. The molecule has 0 spiro atoms. The predicted molar refractivity (Wildman–Crippen MR) is 111 cm³/mol. The fourth-order valence-corrected chi connectivity index (χ4v) is 3.29. The Morgan fingerprint density at radius 1 is 1.19 bits per heavy atom. The number of thiophene rings is 1. The Hall–Kier alpha value is -1.80. The summed E-state index contributed by atoms with van der Waals surface area (Å²) in [4.78, 5) is 5.39. The number of aliphatic imine (C=N–C) groups is 1. The first kappa shape index (κ1) is 21.5. The predicted octanol–water partition coefficient (Wildman–Crippen LogP) is 3.22. The van der Waals surface area contributed by atoms with E-state index >= 15 is 0 Å². The smallest absolute Gasteiger partial charge is 0.191 e. The fraction of sp³-hybridized carbons (Fsp3) is 0.421. The maximum Gasteiger partial charge on any atom is 0.191 e. The van der Waals surface area contributed by atoms with Crippen LogP contribution in [0.3, 0.4) is 0 Å². The number of halogens is 1. The van der Waals surface area contributed by atoms with Crippen LogP contribution in [0.25, 0.3) is 0 Å². The molecule has 0 radical (unpaired) electrons. The molecule has 1 heterocycles. The Kier molecular flexibility index (Phi) is 9.41. The summed E-state index contributed by atoms with van der Waals surface area (Å²) in [5.74, 6) is 1.46. The van der Waals surface area contributed by atoms with E-state index in [1.807, 2.05) is 37.3 Å². The molecule has 0 fully saturated rings. The molecule has 0 saturated heterocycles. The molecule has 0 bridgehead atoms. The summed E-state index contributed by atoms with van der Waals surface area (Å²) < 4.78 is 11.2. The third-order valence-electron chi connectivity index (χ3n) is 3.63. The van der Waals surface area contributed by atoms with Crippen LogP contribution in [0.15, 0.2) is 41.4 Å². The number of ether oxygens (including phenoxy) is 2. The van der Waals surface area contributed by atoms with E-state index in [0.717, 1.165) is 22.7 Å². The summed E-state index contributed by atoms with van der Waals surface area (Å²) in [5, 5.41) is 16.6. The molecule has 8 heteroatoms. The zero-order chi connectivity index (χ0) is 19.5. The number of guanidine groups is 1. The van der Waals surface area contributed by atoms with E-state index in [9.17, 15) is 5.11 Å². The van der Waals surface area contributed by atoms with Crippen molar-refractivity contribution in [1.82, 2.24) is 10.6 Å². The van der Waals surface area contributed by atoms with Crippen LogP contribution in [0.1, 0.15) is 23.5 Å². The van der Waals surface area contributed by atoms with E-state index in [4.69, 9.17) is 21.1 Å². The first-order chi connectivity index (χ1) is 13.1. The van der Waals surface area contributed by atoms with Crippen LogP contribution < -0.4 is 15.4 Å². The summed E-state index contributed by atoms with van der Waals surface area (Å²) in [6, 6.07) is 11.4. The number of benzene rings is 1. The van der Waals surface area contributed by atoms with E-state index in [1.165, 1.54) is 11.3 Å². The third-order valence-corrected chi connectivity index (χ3v) is 4.96. The molecule has 2 aromatic rings. The molecule has 0 aliphatic rings. The van der Waals surface area contributed by atoms with Crippen LogP contribution in [0, 0.1) is 0 Å². The van der Waals surface area contributed by atoms with Gasteiger partial charge in [0, 0.05) is 25.1 Å². The molecule has 1 aromatic heterocycles. The molecular formula is C19H26ClN3O3S. The lowest BCUT2D eigenvalue weighted by Gasteiger charge is -2.14. The zero-order valence-electron chi connectivity index (χ0n) is 15.6. The van der Waals surface area contributed by atoms with Gasteiger partial charge < -0.3 is 25.2 Å². The van der Waals surface area contributed by atoms with E-state index in [-0.39, 0.29) is 0 Å². The van der Waals surface area contributed by atoms with Crippen molar-refractivity contribution in [3.63, 3.8) is 0 Å². The minimum Gasteiger partial charge on any atom is -0.491 e. The largest absolute Gasteiger partial charge is 0.491 e. The summed E-state index contributed by atoms with van der Waals surface area (Å²) in [5.41, 5.74) is 1.07. The van der Waals surface area contributed by atoms with Gasteiger partial charge in [-0.2, -0.15) is 0 Å². The van der Waals surface area contributed by atoms with Crippen LogP contribution in [-0.4, -0.2) is 44.5 Å². The topological polar surface area (TPSA) is 75.1 Å². The van der Waals surface area contributed by atoms with Gasteiger partial charge >= 0.3 is 0 Å².